The van der Waals surface area contributed by atoms with Gasteiger partial charge in [-0.15, -0.1) is 0 Å². The maximum atomic E-state index is 12.1. The minimum Gasteiger partial charge on any atom is -0.496 e. The Labute approximate surface area is 129 Å². The molecule has 0 aliphatic carbocycles. The second-order valence-electron chi connectivity index (χ2n) is 5.32. The van der Waals surface area contributed by atoms with Crippen LogP contribution in [0.15, 0.2) is 30.3 Å². The number of carbonyl (C=O) groups excluding carboxylic acids is 1. The number of cyclic esters (lactones) is 1. The smallest absolute Gasteiger partial charge is 0.339 e. The van der Waals surface area contributed by atoms with Gasteiger partial charge in [-0.05, 0) is 37.1 Å². The van der Waals surface area contributed by atoms with E-state index in [9.17, 15) is 4.79 Å². The van der Waals surface area contributed by atoms with E-state index in [2.05, 4.69) is 0 Å². The van der Waals surface area contributed by atoms with E-state index in [1.807, 2.05) is 38.1 Å². The molecule has 22 heavy (non-hydrogen) atoms. The number of fused-ring (bicyclic) bond motifs is 1. The largest absolute Gasteiger partial charge is 0.496 e. The molecule has 0 bridgehead atoms. The first kappa shape index (κ1) is 14.4. The highest BCUT2D eigenvalue weighted by atomic mass is 16.6. The molecular formula is C18H18O4. The van der Waals surface area contributed by atoms with Crippen LogP contribution in [0.2, 0.25) is 0 Å². The monoisotopic (exact) mass is 298 g/mol. The number of carbonyl (C=O) groups is 1. The molecular weight excluding hydrogens is 280 g/mol. The minimum absolute atomic E-state index is 0.306. The minimum atomic E-state index is -0.466. The fraction of sp³-hybridized carbons (Fsp3) is 0.278. The first-order valence-electron chi connectivity index (χ1n) is 7.10. The Morgan fingerprint density at radius 1 is 1.00 bits per heavy atom. The summed E-state index contributed by atoms with van der Waals surface area (Å²) in [6, 6.07) is 9.31. The first-order valence-corrected chi connectivity index (χ1v) is 7.10. The molecule has 1 aliphatic heterocycles. The van der Waals surface area contributed by atoms with Gasteiger partial charge in [0.1, 0.15) is 11.5 Å². The van der Waals surface area contributed by atoms with Gasteiger partial charge in [-0.2, -0.15) is 0 Å². The molecule has 1 unspecified atom stereocenters. The van der Waals surface area contributed by atoms with E-state index in [-0.39, 0.29) is 5.97 Å². The van der Waals surface area contributed by atoms with Crippen LogP contribution in [-0.4, -0.2) is 20.2 Å². The third kappa shape index (κ3) is 2.03. The molecule has 0 spiro atoms. The number of rotatable bonds is 3. The van der Waals surface area contributed by atoms with Crippen molar-refractivity contribution in [2.75, 3.05) is 14.2 Å². The van der Waals surface area contributed by atoms with E-state index < -0.39 is 6.10 Å². The predicted molar refractivity (Wildman–Crippen MR) is 82.7 cm³/mol. The van der Waals surface area contributed by atoms with Crippen LogP contribution in [0.4, 0.5) is 0 Å². The Kier molecular flexibility index (Phi) is 3.53. The zero-order valence-corrected chi connectivity index (χ0v) is 13.1. The first-order chi connectivity index (χ1) is 10.6. The van der Waals surface area contributed by atoms with Crippen LogP contribution in [0.25, 0.3) is 0 Å². The van der Waals surface area contributed by atoms with Crippen LogP contribution in [0.1, 0.15) is 38.7 Å². The zero-order valence-electron chi connectivity index (χ0n) is 13.1. The normalized spacial score (nSPS) is 16.2. The van der Waals surface area contributed by atoms with Gasteiger partial charge in [0.15, 0.2) is 6.10 Å². The van der Waals surface area contributed by atoms with E-state index >= 15 is 0 Å². The van der Waals surface area contributed by atoms with Crippen LogP contribution in [0, 0.1) is 13.8 Å². The highest BCUT2D eigenvalue weighted by Gasteiger charge is 2.34. The molecule has 0 amide bonds. The molecule has 1 atom stereocenters. The van der Waals surface area contributed by atoms with Crippen LogP contribution in [0.5, 0.6) is 11.5 Å². The Morgan fingerprint density at radius 2 is 1.73 bits per heavy atom. The van der Waals surface area contributed by atoms with Crippen molar-refractivity contribution in [2.24, 2.45) is 0 Å². The van der Waals surface area contributed by atoms with Gasteiger partial charge in [-0.25, -0.2) is 4.79 Å². The third-order valence-electron chi connectivity index (χ3n) is 4.22. The lowest BCUT2D eigenvalue weighted by Gasteiger charge is -2.20. The summed E-state index contributed by atoms with van der Waals surface area (Å²) in [7, 11) is 3.26. The maximum absolute atomic E-state index is 12.1. The second kappa shape index (κ2) is 5.37. The lowest BCUT2D eigenvalue weighted by molar-refractivity contribution is 0.0452. The topological polar surface area (TPSA) is 44.8 Å². The lowest BCUT2D eigenvalue weighted by atomic mass is 9.94. The molecule has 0 fully saturated rings. The van der Waals surface area contributed by atoms with Crippen LogP contribution < -0.4 is 9.47 Å². The summed E-state index contributed by atoms with van der Waals surface area (Å²) in [5, 5.41) is 0. The van der Waals surface area contributed by atoms with Crippen molar-refractivity contribution < 1.29 is 19.0 Å². The Morgan fingerprint density at radius 3 is 2.41 bits per heavy atom. The summed E-state index contributed by atoms with van der Waals surface area (Å²) in [6.45, 7) is 3.96. The molecule has 0 aromatic heterocycles. The average Bonchev–Trinajstić information content (AvgIpc) is 2.87. The fourth-order valence-electron chi connectivity index (χ4n) is 2.94. The molecule has 1 heterocycles. The lowest BCUT2D eigenvalue weighted by Crippen LogP contribution is -2.06. The number of hydrogen-bond donors (Lipinski definition) is 0. The molecule has 114 valence electrons. The summed E-state index contributed by atoms with van der Waals surface area (Å²) >= 11 is 0. The molecule has 3 rings (SSSR count). The van der Waals surface area contributed by atoms with Gasteiger partial charge in [-0.3, -0.25) is 0 Å². The third-order valence-corrected chi connectivity index (χ3v) is 4.22. The Bertz CT molecular complexity index is 749. The zero-order chi connectivity index (χ0) is 15.9. The van der Waals surface area contributed by atoms with Gasteiger partial charge in [-0.1, -0.05) is 18.2 Å². The number of benzene rings is 2. The van der Waals surface area contributed by atoms with Crippen LogP contribution >= 0.6 is 0 Å². The highest BCUT2D eigenvalue weighted by molar-refractivity contribution is 5.94. The van der Waals surface area contributed by atoms with Gasteiger partial charge in [0.25, 0.3) is 0 Å². The van der Waals surface area contributed by atoms with Crippen molar-refractivity contribution >= 4 is 5.97 Å². The molecule has 0 radical (unpaired) electrons. The average molecular weight is 298 g/mol. The quantitative estimate of drug-likeness (QED) is 0.812. The molecule has 0 saturated carbocycles. The summed E-state index contributed by atoms with van der Waals surface area (Å²) in [6.07, 6.45) is -0.466. The van der Waals surface area contributed by atoms with Crippen molar-refractivity contribution in [1.82, 2.24) is 0 Å². The van der Waals surface area contributed by atoms with Crippen molar-refractivity contribution in [1.29, 1.82) is 0 Å². The van der Waals surface area contributed by atoms with Crippen molar-refractivity contribution in [3.05, 3.63) is 58.1 Å². The Hall–Kier alpha value is -2.49. The SMILES string of the molecule is COc1cc(C2OC(=O)c3ccccc32)c(OC)c(C)c1C. The number of esters is 1. The van der Waals surface area contributed by atoms with Crippen LogP contribution in [0.3, 0.4) is 0 Å². The number of methoxy groups -OCH3 is 2. The van der Waals surface area contributed by atoms with Gasteiger partial charge in [0.2, 0.25) is 0 Å². The van der Waals surface area contributed by atoms with E-state index in [0.29, 0.717) is 5.56 Å². The van der Waals surface area contributed by atoms with Gasteiger partial charge in [0.05, 0.1) is 19.8 Å². The predicted octanol–water partition coefficient (Wildman–Crippen LogP) is 3.58. The van der Waals surface area contributed by atoms with Gasteiger partial charge < -0.3 is 14.2 Å². The summed E-state index contributed by atoms with van der Waals surface area (Å²) in [5.74, 6) is 1.18. The summed E-state index contributed by atoms with van der Waals surface area (Å²) in [4.78, 5) is 12.1. The highest BCUT2D eigenvalue weighted by Crippen LogP contribution is 2.43. The van der Waals surface area contributed by atoms with E-state index in [1.54, 1.807) is 20.3 Å². The maximum Gasteiger partial charge on any atom is 0.339 e. The molecule has 2 aromatic carbocycles. The second-order valence-corrected chi connectivity index (χ2v) is 5.32. The van der Waals surface area contributed by atoms with Crippen molar-refractivity contribution in [2.45, 2.75) is 20.0 Å². The van der Waals surface area contributed by atoms with Gasteiger partial charge in [0, 0.05) is 11.1 Å². The van der Waals surface area contributed by atoms with Crippen molar-refractivity contribution in [3.63, 3.8) is 0 Å². The summed E-state index contributed by atoms with van der Waals surface area (Å²) < 4.78 is 16.6. The number of hydrogen-bond acceptors (Lipinski definition) is 4. The van der Waals surface area contributed by atoms with Crippen LogP contribution in [-0.2, 0) is 4.74 Å². The Balaban J connectivity index is 2.21. The molecule has 0 saturated heterocycles. The van der Waals surface area contributed by atoms with E-state index in [0.717, 1.165) is 33.8 Å². The summed E-state index contributed by atoms with van der Waals surface area (Å²) in [5.41, 5.74) is 4.27. The molecule has 4 heteroatoms. The molecule has 1 aliphatic rings. The molecule has 0 N–H and O–H groups in total. The standard InChI is InChI=1S/C18H18O4/c1-10-11(2)16(21-4)14(9-15(10)20-3)17-12-7-5-6-8-13(12)18(19)22-17/h5-9,17H,1-4H3. The fourth-order valence-corrected chi connectivity index (χ4v) is 2.94. The van der Waals surface area contributed by atoms with Gasteiger partial charge >= 0.3 is 5.97 Å². The van der Waals surface area contributed by atoms with E-state index in [1.165, 1.54) is 0 Å². The van der Waals surface area contributed by atoms with Crippen molar-refractivity contribution in [3.8, 4) is 11.5 Å². The molecule has 2 aromatic rings. The van der Waals surface area contributed by atoms with E-state index in [4.69, 9.17) is 14.2 Å². The number of ether oxygens (including phenoxy) is 3. The molecule has 4 nitrogen and oxygen atoms in total.